The summed E-state index contributed by atoms with van der Waals surface area (Å²) in [6.45, 7) is 7.74. The van der Waals surface area contributed by atoms with E-state index in [2.05, 4.69) is 16.4 Å². The highest BCUT2D eigenvalue weighted by Crippen LogP contribution is 2.37. The smallest absolute Gasteiger partial charge is 0.339 e. The minimum Gasteiger partial charge on any atom is -0.465 e. The van der Waals surface area contributed by atoms with Crippen molar-refractivity contribution >= 4 is 5.97 Å². The third-order valence-corrected chi connectivity index (χ3v) is 4.84. The lowest BCUT2D eigenvalue weighted by Gasteiger charge is -2.46. The molecule has 0 amide bonds. The third-order valence-electron chi connectivity index (χ3n) is 4.84. The summed E-state index contributed by atoms with van der Waals surface area (Å²) >= 11 is 0. The van der Waals surface area contributed by atoms with Crippen LogP contribution in [0.4, 0.5) is 0 Å². The van der Waals surface area contributed by atoms with E-state index in [0.29, 0.717) is 6.04 Å². The fourth-order valence-electron chi connectivity index (χ4n) is 3.83. The maximum atomic E-state index is 11.8. The summed E-state index contributed by atoms with van der Waals surface area (Å²) in [4.78, 5) is 14.3. The number of ether oxygens (including phenoxy) is 1. The zero-order chi connectivity index (χ0) is 13.6. The zero-order valence-corrected chi connectivity index (χ0v) is 12.0. The van der Waals surface area contributed by atoms with E-state index in [1.165, 1.54) is 38.7 Å². The summed E-state index contributed by atoms with van der Waals surface area (Å²) in [6, 6.07) is 2.50. The average molecular weight is 262 g/mol. The summed E-state index contributed by atoms with van der Waals surface area (Å²) in [5.74, 6) is 0.543. The van der Waals surface area contributed by atoms with Crippen molar-refractivity contribution in [3.8, 4) is 0 Å². The van der Waals surface area contributed by atoms with Gasteiger partial charge in [0.15, 0.2) is 0 Å². The van der Waals surface area contributed by atoms with E-state index >= 15 is 0 Å². The van der Waals surface area contributed by atoms with Crippen LogP contribution in [0.3, 0.4) is 0 Å². The highest BCUT2D eigenvalue weighted by molar-refractivity contribution is 5.91. The highest BCUT2D eigenvalue weighted by atomic mass is 16.5. The van der Waals surface area contributed by atoms with Gasteiger partial charge in [-0.3, -0.25) is 0 Å². The van der Waals surface area contributed by atoms with Crippen molar-refractivity contribution < 1.29 is 9.53 Å². The molecule has 4 rings (SSSR count). The number of aryl methyl sites for hydroxylation is 1. The van der Waals surface area contributed by atoms with Crippen molar-refractivity contribution in [1.82, 2.24) is 9.47 Å². The molecule has 0 radical (unpaired) electrons. The molecule has 0 spiro atoms. The van der Waals surface area contributed by atoms with Gasteiger partial charge in [0.05, 0.1) is 12.7 Å². The first kappa shape index (κ1) is 12.7. The average Bonchev–Trinajstić information content (AvgIpc) is 2.74. The molecular formula is C15H22N2O2. The van der Waals surface area contributed by atoms with Crippen LogP contribution in [0.1, 0.15) is 40.6 Å². The van der Waals surface area contributed by atoms with E-state index in [-0.39, 0.29) is 5.97 Å². The van der Waals surface area contributed by atoms with Crippen molar-refractivity contribution in [2.75, 3.05) is 26.7 Å². The van der Waals surface area contributed by atoms with Gasteiger partial charge in [0.25, 0.3) is 0 Å². The molecule has 1 aromatic rings. The van der Waals surface area contributed by atoms with Gasteiger partial charge in [0, 0.05) is 24.0 Å². The van der Waals surface area contributed by atoms with Gasteiger partial charge in [-0.15, -0.1) is 0 Å². The monoisotopic (exact) mass is 262 g/mol. The first-order valence-corrected chi connectivity index (χ1v) is 7.11. The van der Waals surface area contributed by atoms with Crippen molar-refractivity contribution in [2.45, 2.75) is 32.7 Å². The second-order valence-corrected chi connectivity index (χ2v) is 5.85. The summed E-state index contributed by atoms with van der Waals surface area (Å²) in [6.07, 6.45) is 2.57. The molecule has 3 fully saturated rings. The number of hydrogen-bond donors (Lipinski definition) is 0. The van der Waals surface area contributed by atoms with Crippen LogP contribution in [-0.2, 0) is 4.74 Å². The second kappa shape index (κ2) is 4.67. The van der Waals surface area contributed by atoms with E-state index in [0.717, 1.165) is 23.7 Å². The topological polar surface area (TPSA) is 34.5 Å². The van der Waals surface area contributed by atoms with E-state index < -0.39 is 0 Å². The third kappa shape index (κ3) is 1.98. The molecule has 4 heterocycles. The highest BCUT2D eigenvalue weighted by Gasteiger charge is 2.36. The van der Waals surface area contributed by atoms with Gasteiger partial charge >= 0.3 is 5.97 Å². The van der Waals surface area contributed by atoms with Crippen molar-refractivity contribution in [3.63, 3.8) is 0 Å². The van der Waals surface area contributed by atoms with Crippen LogP contribution in [0.15, 0.2) is 6.07 Å². The fraction of sp³-hybridized carbons (Fsp3) is 0.667. The Kier molecular flexibility index (Phi) is 3.13. The van der Waals surface area contributed by atoms with Gasteiger partial charge in [-0.1, -0.05) is 0 Å². The molecule has 0 N–H and O–H groups in total. The van der Waals surface area contributed by atoms with E-state index in [9.17, 15) is 4.79 Å². The van der Waals surface area contributed by atoms with Crippen molar-refractivity contribution in [3.05, 3.63) is 23.0 Å². The van der Waals surface area contributed by atoms with Crippen LogP contribution < -0.4 is 0 Å². The Morgan fingerprint density at radius 1 is 1.32 bits per heavy atom. The molecule has 0 saturated carbocycles. The van der Waals surface area contributed by atoms with Crippen LogP contribution in [-0.4, -0.2) is 42.2 Å². The summed E-state index contributed by atoms with van der Waals surface area (Å²) in [5.41, 5.74) is 2.95. The normalized spacial score (nSPS) is 29.5. The summed E-state index contributed by atoms with van der Waals surface area (Å²) < 4.78 is 7.24. The Morgan fingerprint density at radius 2 is 2.00 bits per heavy atom. The Bertz CT molecular complexity index is 498. The van der Waals surface area contributed by atoms with Crippen LogP contribution in [0.25, 0.3) is 0 Å². The molecular weight excluding hydrogens is 240 g/mol. The molecule has 3 aliphatic rings. The second-order valence-electron chi connectivity index (χ2n) is 5.85. The molecule has 19 heavy (non-hydrogen) atoms. The number of carbonyl (C=O) groups excluding carboxylic acids is 1. The number of piperidine rings is 3. The first-order valence-electron chi connectivity index (χ1n) is 7.11. The number of hydrogen-bond acceptors (Lipinski definition) is 3. The largest absolute Gasteiger partial charge is 0.465 e. The van der Waals surface area contributed by atoms with E-state index in [4.69, 9.17) is 4.74 Å². The Balaban J connectivity index is 1.97. The SMILES string of the molecule is COC(=O)c1cc(C)n([C@@H]2CN3CCC2CC3)c1C. The lowest BCUT2D eigenvalue weighted by molar-refractivity contribution is 0.0545. The van der Waals surface area contributed by atoms with E-state index in [1.807, 2.05) is 13.0 Å². The van der Waals surface area contributed by atoms with Crippen LogP contribution in [0, 0.1) is 19.8 Å². The van der Waals surface area contributed by atoms with Crippen LogP contribution >= 0.6 is 0 Å². The molecule has 0 aromatic carbocycles. The zero-order valence-electron chi connectivity index (χ0n) is 12.0. The molecule has 104 valence electrons. The molecule has 0 aliphatic carbocycles. The Labute approximate surface area is 114 Å². The van der Waals surface area contributed by atoms with Gasteiger partial charge in [0.2, 0.25) is 0 Å². The lowest BCUT2D eigenvalue weighted by Crippen LogP contribution is -2.48. The molecule has 0 unspecified atom stereocenters. The predicted octanol–water partition coefficient (Wildman–Crippen LogP) is 2.16. The van der Waals surface area contributed by atoms with Gasteiger partial charge in [0.1, 0.15) is 0 Å². The Morgan fingerprint density at radius 3 is 2.53 bits per heavy atom. The number of methoxy groups -OCH3 is 1. The van der Waals surface area contributed by atoms with Gasteiger partial charge in [-0.25, -0.2) is 4.79 Å². The Hall–Kier alpha value is -1.29. The van der Waals surface area contributed by atoms with Crippen LogP contribution in [0.5, 0.6) is 0 Å². The quantitative estimate of drug-likeness (QED) is 0.766. The van der Waals surface area contributed by atoms with Gasteiger partial charge < -0.3 is 14.2 Å². The first-order chi connectivity index (χ1) is 9.11. The summed E-state index contributed by atoms with van der Waals surface area (Å²) in [7, 11) is 1.45. The summed E-state index contributed by atoms with van der Waals surface area (Å²) in [5, 5.41) is 0. The minimum absolute atomic E-state index is 0.222. The number of nitrogens with zero attached hydrogens (tertiary/aromatic N) is 2. The minimum atomic E-state index is -0.222. The van der Waals surface area contributed by atoms with Crippen molar-refractivity contribution in [2.24, 2.45) is 5.92 Å². The van der Waals surface area contributed by atoms with Crippen LogP contribution in [0.2, 0.25) is 0 Å². The number of aromatic nitrogens is 1. The molecule has 1 aromatic heterocycles. The number of carbonyl (C=O) groups is 1. The maximum absolute atomic E-state index is 11.8. The fourth-order valence-corrected chi connectivity index (χ4v) is 3.83. The predicted molar refractivity (Wildman–Crippen MR) is 73.4 cm³/mol. The lowest BCUT2D eigenvalue weighted by atomic mass is 9.83. The van der Waals surface area contributed by atoms with Gasteiger partial charge in [-0.05, 0) is 51.8 Å². The number of esters is 1. The van der Waals surface area contributed by atoms with E-state index in [1.54, 1.807) is 0 Å². The molecule has 3 aliphatic heterocycles. The molecule has 1 atom stereocenters. The van der Waals surface area contributed by atoms with Gasteiger partial charge in [-0.2, -0.15) is 0 Å². The molecule has 3 saturated heterocycles. The number of fused-ring (bicyclic) bond motifs is 3. The molecule has 4 nitrogen and oxygen atoms in total. The molecule has 2 bridgehead atoms. The number of rotatable bonds is 2. The maximum Gasteiger partial charge on any atom is 0.339 e. The molecule has 4 heteroatoms. The standard InChI is InChI=1S/C15H22N2O2/c1-10-8-13(15(18)19-3)11(2)17(10)14-9-16-6-4-12(14)5-7-16/h8,12,14H,4-7,9H2,1-3H3/t14-/m1/s1. The van der Waals surface area contributed by atoms with Crippen molar-refractivity contribution in [1.29, 1.82) is 0 Å².